The quantitative estimate of drug-likeness (QED) is 0.456. The number of carbonyl (C=O) groups is 3. The summed E-state index contributed by atoms with van der Waals surface area (Å²) in [6.07, 6.45) is 3.00. The van der Waals surface area contributed by atoms with Crippen LogP contribution in [0, 0.1) is 10.8 Å². The highest BCUT2D eigenvalue weighted by Crippen LogP contribution is 2.60. The number of hydrogen-bond acceptors (Lipinski definition) is 9. The first kappa shape index (κ1) is 24.5. The fourth-order valence-corrected chi connectivity index (χ4v) is 6.02. The van der Waals surface area contributed by atoms with E-state index in [-0.39, 0.29) is 13.1 Å². The monoisotopic (exact) mass is 506 g/mol. The van der Waals surface area contributed by atoms with Crippen LogP contribution < -0.4 is 0 Å². The zero-order valence-corrected chi connectivity index (χ0v) is 20.6. The molecule has 2 fully saturated rings. The van der Waals surface area contributed by atoms with Crippen molar-refractivity contribution in [1.82, 2.24) is 19.8 Å². The van der Waals surface area contributed by atoms with E-state index in [0.717, 1.165) is 0 Å². The van der Waals surface area contributed by atoms with Crippen molar-refractivity contribution in [3.05, 3.63) is 58.1 Å². The first-order valence-electron chi connectivity index (χ1n) is 10.5. The van der Waals surface area contributed by atoms with E-state index in [1.165, 1.54) is 26.6 Å². The van der Waals surface area contributed by atoms with E-state index in [1.54, 1.807) is 48.2 Å². The van der Waals surface area contributed by atoms with Crippen LogP contribution in [0.3, 0.4) is 0 Å². The number of carbonyl (C=O) groups excluding carboxylic acids is 3. The van der Waals surface area contributed by atoms with Crippen molar-refractivity contribution in [3.63, 3.8) is 0 Å². The van der Waals surface area contributed by atoms with Gasteiger partial charge in [-0.1, -0.05) is 23.2 Å². The lowest BCUT2D eigenvalue weighted by atomic mass is 9.54. The fourth-order valence-electron chi connectivity index (χ4n) is 5.68. The molecule has 2 bridgehead atoms. The van der Waals surface area contributed by atoms with Crippen LogP contribution in [0.1, 0.15) is 23.5 Å². The van der Waals surface area contributed by atoms with Crippen LogP contribution in [0.2, 0.25) is 10.0 Å². The molecule has 2 aromatic rings. The molecule has 4 atom stereocenters. The molecule has 2 aromatic heterocycles. The van der Waals surface area contributed by atoms with Gasteiger partial charge in [0.1, 0.15) is 0 Å². The molecule has 34 heavy (non-hydrogen) atoms. The summed E-state index contributed by atoms with van der Waals surface area (Å²) in [5, 5.41) is 0.773. The highest BCUT2D eigenvalue weighted by Gasteiger charge is 2.75. The van der Waals surface area contributed by atoms with Crippen molar-refractivity contribution in [2.45, 2.75) is 12.1 Å². The molecule has 180 valence electrons. The van der Waals surface area contributed by atoms with E-state index in [1.807, 2.05) is 0 Å². The van der Waals surface area contributed by atoms with Crippen LogP contribution >= 0.6 is 23.2 Å². The third-order valence-electron chi connectivity index (χ3n) is 6.74. The Morgan fingerprint density at radius 2 is 1.32 bits per heavy atom. The van der Waals surface area contributed by atoms with Crippen molar-refractivity contribution in [1.29, 1.82) is 0 Å². The number of nitrogens with zero attached hydrogens (tertiary/aromatic N) is 4. The third kappa shape index (κ3) is 3.41. The Morgan fingerprint density at radius 1 is 0.912 bits per heavy atom. The van der Waals surface area contributed by atoms with Crippen LogP contribution in [-0.4, -0.2) is 78.9 Å². The van der Waals surface area contributed by atoms with E-state index in [4.69, 9.17) is 32.7 Å². The molecule has 2 aliphatic heterocycles. The molecule has 4 rings (SSSR count). The topological polar surface area (TPSA) is 102 Å². The zero-order valence-electron chi connectivity index (χ0n) is 19.1. The number of likely N-dealkylation sites (tertiary alicyclic amines) is 2. The van der Waals surface area contributed by atoms with E-state index in [2.05, 4.69) is 9.97 Å². The van der Waals surface area contributed by atoms with Crippen molar-refractivity contribution >= 4 is 40.9 Å². The summed E-state index contributed by atoms with van der Waals surface area (Å²) in [5.41, 5.74) is -2.79. The maximum atomic E-state index is 14.5. The van der Waals surface area contributed by atoms with Gasteiger partial charge in [0, 0.05) is 35.5 Å². The Kier molecular flexibility index (Phi) is 6.41. The molecule has 0 aliphatic carbocycles. The zero-order chi connectivity index (χ0) is 24.8. The van der Waals surface area contributed by atoms with Gasteiger partial charge in [-0.2, -0.15) is 0 Å². The highest BCUT2D eigenvalue weighted by molar-refractivity contribution is 6.31. The highest BCUT2D eigenvalue weighted by atomic mass is 35.5. The Labute approximate surface area is 206 Å². The minimum absolute atomic E-state index is 0.0101. The maximum Gasteiger partial charge on any atom is 0.322 e. The predicted octanol–water partition coefficient (Wildman–Crippen LogP) is 2.34. The first-order valence-corrected chi connectivity index (χ1v) is 11.2. The third-order valence-corrected chi connectivity index (χ3v) is 7.21. The van der Waals surface area contributed by atoms with Gasteiger partial charge >= 0.3 is 11.9 Å². The summed E-state index contributed by atoms with van der Waals surface area (Å²) >= 11 is 12.5. The standard InChI is InChI=1S/C23H24Cl2N4O5/c1-28-11-22(20(31)33-3)17(15-9-13(24)5-7-26-15)29(2)18(16-10-14(25)6-8-27-16)23(12-28,19(22)30)21(32)34-4/h5-10,17-18H,11-12H2,1-4H3. The molecule has 2 aliphatic rings. The van der Waals surface area contributed by atoms with Gasteiger partial charge in [0.15, 0.2) is 16.6 Å². The number of hydrogen-bond donors (Lipinski definition) is 0. The fraction of sp³-hybridized carbons (Fsp3) is 0.435. The Bertz CT molecular complexity index is 1080. The average Bonchev–Trinajstić information content (AvgIpc) is 2.80. The number of fused-ring (bicyclic) bond motifs is 2. The van der Waals surface area contributed by atoms with E-state index < -0.39 is 40.6 Å². The largest absolute Gasteiger partial charge is 0.468 e. The molecule has 0 saturated carbocycles. The first-order chi connectivity index (χ1) is 16.1. The van der Waals surface area contributed by atoms with E-state index in [9.17, 15) is 14.4 Å². The Hall–Kier alpha value is -2.59. The number of methoxy groups -OCH3 is 2. The lowest BCUT2D eigenvalue weighted by Gasteiger charge is -2.60. The number of piperidine rings is 2. The minimum atomic E-state index is -1.78. The summed E-state index contributed by atoms with van der Waals surface area (Å²) < 4.78 is 10.3. The SMILES string of the molecule is COC(=O)C12CN(C)CC(C(=O)OC)(C1=O)C(c1cc(Cl)ccn1)N(C)C2c1cc(Cl)ccn1. The Morgan fingerprint density at radius 3 is 1.68 bits per heavy atom. The summed E-state index contributed by atoms with van der Waals surface area (Å²) in [6, 6.07) is 4.56. The number of ketones is 1. The summed E-state index contributed by atoms with van der Waals surface area (Å²) in [7, 11) is 5.88. The van der Waals surface area contributed by atoms with Crippen LogP contribution in [0.5, 0.6) is 0 Å². The molecule has 0 aromatic carbocycles. The average molecular weight is 507 g/mol. The predicted molar refractivity (Wildman–Crippen MR) is 123 cm³/mol. The normalized spacial score (nSPS) is 29.5. The van der Waals surface area contributed by atoms with Gasteiger partial charge in [0.2, 0.25) is 0 Å². The van der Waals surface area contributed by atoms with Crippen LogP contribution in [0.25, 0.3) is 0 Å². The summed E-state index contributed by atoms with van der Waals surface area (Å²) in [5.74, 6) is -2.14. The van der Waals surface area contributed by atoms with E-state index >= 15 is 0 Å². The molecule has 0 N–H and O–H groups in total. The number of rotatable bonds is 4. The second kappa shape index (κ2) is 8.88. The van der Waals surface area contributed by atoms with Crippen molar-refractivity contribution < 1.29 is 23.9 Å². The number of aromatic nitrogens is 2. The lowest BCUT2D eigenvalue weighted by molar-refractivity contribution is -0.202. The van der Waals surface area contributed by atoms with Gasteiger partial charge in [0.25, 0.3) is 0 Å². The lowest BCUT2D eigenvalue weighted by Crippen LogP contribution is -2.75. The molecule has 4 heterocycles. The molecular formula is C23H24Cl2N4O5. The van der Waals surface area contributed by atoms with Crippen LogP contribution in [-0.2, 0) is 23.9 Å². The second-order valence-electron chi connectivity index (χ2n) is 8.70. The minimum Gasteiger partial charge on any atom is -0.468 e. The van der Waals surface area contributed by atoms with Gasteiger partial charge in [-0.15, -0.1) is 0 Å². The number of Topliss-reactive ketones (excluding diaryl/α,β-unsaturated/α-hetero) is 1. The van der Waals surface area contributed by atoms with Crippen LogP contribution in [0.4, 0.5) is 0 Å². The Balaban J connectivity index is 2.09. The number of halogens is 2. The molecule has 11 heteroatoms. The van der Waals surface area contributed by atoms with Gasteiger partial charge < -0.3 is 14.4 Å². The molecule has 2 saturated heterocycles. The summed E-state index contributed by atoms with van der Waals surface area (Å²) in [6.45, 7) is 0.0201. The molecule has 9 nitrogen and oxygen atoms in total. The maximum absolute atomic E-state index is 14.5. The molecule has 0 amide bonds. The van der Waals surface area contributed by atoms with Gasteiger partial charge in [-0.25, -0.2) is 0 Å². The van der Waals surface area contributed by atoms with Crippen molar-refractivity contribution in [2.24, 2.45) is 10.8 Å². The number of ether oxygens (including phenoxy) is 2. The number of esters is 2. The second-order valence-corrected chi connectivity index (χ2v) is 9.57. The van der Waals surface area contributed by atoms with Gasteiger partial charge in [-0.05, 0) is 38.4 Å². The van der Waals surface area contributed by atoms with Crippen molar-refractivity contribution in [3.8, 4) is 0 Å². The van der Waals surface area contributed by atoms with Crippen LogP contribution in [0.15, 0.2) is 36.7 Å². The summed E-state index contributed by atoms with van der Waals surface area (Å²) in [4.78, 5) is 53.9. The van der Waals surface area contributed by atoms with Crippen molar-refractivity contribution in [2.75, 3.05) is 41.4 Å². The number of pyridine rings is 2. The van der Waals surface area contributed by atoms with Gasteiger partial charge in [0.05, 0.1) is 37.7 Å². The van der Waals surface area contributed by atoms with E-state index in [0.29, 0.717) is 21.4 Å². The smallest absolute Gasteiger partial charge is 0.322 e. The molecule has 0 radical (unpaired) electrons. The molecule has 0 spiro atoms. The van der Waals surface area contributed by atoms with Gasteiger partial charge in [-0.3, -0.25) is 29.3 Å². The molecular weight excluding hydrogens is 483 g/mol. The molecule has 4 unspecified atom stereocenters.